The summed E-state index contributed by atoms with van der Waals surface area (Å²) in [5, 5.41) is 12.0. The molecule has 0 unspecified atom stereocenters. The number of morpholine rings is 1. The number of nitro benzene ring substituents is 1. The zero-order chi connectivity index (χ0) is 26.8. The minimum atomic E-state index is -0.532. The Morgan fingerprint density at radius 2 is 1.76 bits per heavy atom. The van der Waals surface area contributed by atoms with Gasteiger partial charge in [-0.1, -0.05) is 13.3 Å². The van der Waals surface area contributed by atoms with E-state index in [2.05, 4.69) is 11.8 Å². The minimum absolute atomic E-state index is 0.164. The first-order valence-electron chi connectivity index (χ1n) is 13.0. The van der Waals surface area contributed by atoms with Crippen LogP contribution in [0.2, 0.25) is 0 Å². The highest BCUT2D eigenvalue weighted by molar-refractivity contribution is 6.27. The van der Waals surface area contributed by atoms with Crippen LogP contribution in [0.5, 0.6) is 11.5 Å². The van der Waals surface area contributed by atoms with E-state index >= 15 is 0 Å². The van der Waals surface area contributed by atoms with Gasteiger partial charge in [0.15, 0.2) is 17.3 Å². The first-order valence-corrected chi connectivity index (χ1v) is 13.0. The second-order valence-corrected chi connectivity index (χ2v) is 9.55. The average molecular weight is 522 g/mol. The number of hydrogen-bond acceptors (Lipinski definition) is 8. The maximum atomic E-state index is 13.8. The number of benzene rings is 2. The number of non-ortho nitro benzene ring substituents is 1. The Labute approximate surface area is 219 Å². The monoisotopic (exact) mass is 521 g/mol. The van der Waals surface area contributed by atoms with Crippen molar-refractivity contribution in [3.63, 3.8) is 0 Å². The summed E-state index contributed by atoms with van der Waals surface area (Å²) in [7, 11) is 1.54. The molecule has 0 saturated carbocycles. The number of unbranched alkanes of at least 4 members (excludes halogenated alkanes) is 1. The molecule has 2 aliphatic rings. The van der Waals surface area contributed by atoms with Crippen molar-refractivity contribution in [3.8, 4) is 22.8 Å². The molecule has 0 spiro atoms. The summed E-state index contributed by atoms with van der Waals surface area (Å²) in [6, 6.07) is 7.56. The standard InChI is InChI=1S/C28H31N3O7/c1-3-4-12-38-24-17-21-20(16-23(24)36-2)26-25(27(21)32)19-7-6-18(31(34)35)15-22(19)28(33)30(26)9-5-8-29-10-13-37-14-11-29/h6-7,15-17H,3-5,8-14H2,1-2H3. The molecule has 0 radical (unpaired) electrons. The molecule has 1 aliphatic heterocycles. The number of carbonyl (C=O) groups excluding carboxylic acids is 1. The molecule has 10 nitrogen and oxygen atoms in total. The van der Waals surface area contributed by atoms with Crippen molar-refractivity contribution in [2.75, 3.05) is 46.6 Å². The molecule has 3 aromatic rings. The van der Waals surface area contributed by atoms with Gasteiger partial charge in [0.05, 0.1) is 48.5 Å². The third-order valence-corrected chi connectivity index (χ3v) is 7.21. The summed E-state index contributed by atoms with van der Waals surface area (Å²) in [4.78, 5) is 40.8. The van der Waals surface area contributed by atoms with E-state index in [1.165, 1.54) is 18.2 Å². The van der Waals surface area contributed by atoms with Gasteiger partial charge in [-0.3, -0.25) is 24.6 Å². The maximum absolute atomic E-state index is 13.8. The number of ketones is 1. The molecule has 200 valence electrons. The lowest BCUT2D eigenvalue weighted by Gasteiger charge is -2.26. The number of methoxy groups -OCH3 is 1. The van der Waals surface area contributed by atoms with Crippen LogP contribution >= 0.6 is 0 Å². The molecule has 0 bridgehead atoms. The summed E-state index contributed by atoms with van der Waals surface area (Å²) in [5.41, 5.74) is 1.39. The zero-order valence-corrected chi connectivity index (χ0v) is 21.7. The van der Waals surface area contributed by atoms with Crippen LogP contribution in [-0.2, 0) is 11.3 Å². The Bertz CT molecular complexity index is 1460. The topological polar surface area (TPSA) is 113 Å². The van der Waals surface area contributed by atoms with Crippen molar-refractivity contribution >= 4 is 22.2 Å². The van der Waals surface area contributed by atoms with Crippen molar-refractivity contribution in [2.24, 2.45) is 0 Å². The Morgan fingerprint density at radius 3 is 2.47 bits per heavy atom. The van der Waals surface area contributed by atoms with Crippen LogP contribution < -0.4 is 15.0 Å². The molecule has 1 saturated heterocycles. The van der Waals surface area contributed by atoms with Gasteiger partial charge in [0.2, 0.25) is 0 Å². The fourth-order valence-electron chi connectivity index (χ4n) is 5.23. The molecule has 1 aromatic heterocycles. The van der Waals surface area contributed by atoms with Gasteiger partial charge in [-0.05, 0) is 31.0 Å². The van der Waals surface area contributed by atoms with E-state index in [1.54, 1.807) is 23.8 Å². The molecular weight excluding hydrogens is 490 g/mol. The largest absolute Gasteiger partial charge is 0.493 e. The highest BCUT2D eigenvalue weighted by atomic mass is 16.6. The number of fused-ring (bicyclic) bond motifs is 5. The SMILES string of the molecule is CCCCOc1cc2c(cc1OC)-c1c(c3ccc([N+](=O)[O-])cc3c(=O)n1CCCN1CCOCC1)C2=O. The summed E-state index contributed by atoms with van der Waals surface area (Å²) < 4.78 is 18.5. The summed E-state index contributed by atoms with van der Waals surface area (Å²) in [6.07, 6.45) is 2.50. The van der Waals surface area contributed by atoms with Crippen LogP contribution in [0.15, 0.2) is 35.1 Å². The molecular formula is C28H31N3O7. The van der Waals surface area contributed by atoms with E-state index in [1.807, 2.05) is 0 Å². The molecule has 0 atom stereocenters. The number of carbonyl (C=O) groups is 1. The number of hydrogen-bond donors (Lipinski definition) is 0. The number of aromatic nitrogens is 1. The molecule has 1 fully saturated rings. The quantitative estimate of drug-likeness (QED) is 0.175. The van der Waals surface area contributed by atoms with Gasteiger partial charge in [0, 0.05) is 54.8 Å². The van der Waals surface area contributed by atoms with Crippen molar-refractivity contribution in [3.05, 3.63) is 61.9 Å². The van der Waals surface area contributed by atoms with E-state index < -0.39 is 4.92 Å². The average Bonchev–Trinajstić information content (AvgIpc) is 3.21. The lowest BCUT2D eigenvalue weighted by molar-refractivity contribution is -0.384. The van der Waals surface area contributed by atoms with Gasteiger partial charge in [0.25, 0.3) is 11.2 Å². The molecule has 1 aliphatic carbocycles. The van der Waals surface area contributed by atoms with Crippen molar-refractivity contribution < 1.29 is 23.9 Å². The Hall–Kier alpha value is -3.76. The molecule has 2 aromatic carbocycles. The van der Waals surface area contributed by atoms with Gasteiger partial charge >= 0.3 is 0 Å². The zero-order valence-electron chi connectivity index (χ0n) is 21.7. The summed E-state index contributed by atoms with van der Waals surface area (Å²) in [6.45, 7) is 6.71. The van der Waals surface area contributed by atoms with E-state index in [0.29, 0.717) is 72.1 Å². The summed E-state index contributed by atoms with van der Waals surface area (Å²) in [5.74, 6) is 0.720. The fraction of sp³-hybridized carbons (Fsp3) is 0.429. The second kappa shape index (κ2) is 10.9. The van der Waals surface area contributed by atoms with E-state index in [9.17, 15) is 19.7 Å². The van der Waals surface area contributed by atoms with Crippen LogP contribution in [0.4, 0.5) is 5.69 Å². The van der Waals surface area contributed by atoms with Gasteiger partial charge in [0.1, 0.15) is 0 Å². The maximum Gasteiger partial charge on any atom is 0.270 e. The molecule has 0 N–H and O–H groups in total. The third-order valence-electron chi connectivity index (χ3n) is 7.21. The van der Waals surface area contributed by atoms with Gasteiger partial charge in [-0.25, -0.2) is 0 Å². The van der Waals surface area contributed by atoms with Crippen LogP contribution in [0.25, 0.3) is 22.0 Å². The first-order chi connectivity index (χ1) is 18.4. The lowest BCUT2D eigenvalue weighted by Crippen LogP contribution is -2.37. The number of nitro groups is 1. The second-order valence-electron chi connectivity index (χ2n) is 9.55. The number of rotatable bonds is 10. The van der Waals surface area contributed by atoms with Crippen molar-refractivity contribution in [2.45, 2.75) is 32.7 Å². The van der Waals surface area contributed by atoms with Gasteiger partial charge in [-0.2, -0.15) is 0 Å². The number of pyridine rings is 1. The third kappa shape index (κ3) is 4.65. The smallest absolute Gasteiger partial charge is 0.270 e. The van der Waals surface area contributed by atoms with Crippen molar-refractivity contribution in [1.29, 1.82) is 0 Å². The van der Waals surface area contributed by atoms with Crippen LogP contribution in [0.1, 0.15) is 42.1 Å². The fourth-order valence-corrected chi connectivity index (χ4v) is 5.23. The normalized spacial score (nSPS) is 14.9. The van der Waals surface area contributed by atoms with Gasteiger partial charge in [-0.15, -0.1) is 0 Å². The van der Waals surface area contributed by atoms with Gasteiger partial charge < -0.3 is 18.8 Å². The highest BCUT2D eigenvalue weighted by Gasteiger charge is 2.34. The molecule has 10 heteroatoms. The molecule has 2 heterocycles. The van der Waals surface area contributed by atoms with Crippen LogP contribution in [0.3, 0.4) is 0 Å². The van der Waals surface area contributed by atoms with Crippen LogP contribution in [-0.4, -0.2) is 66.7 Å². The predicted octanol–water partition coefficient (Wildman–Crippen LogP) is 4.03. The minimum Gasteiger partial charge on any atom is -0.493 e. The number of nitrogens with zero attached hydrogens (tertiary/aromatic N) is 3. The molecule has 5 rings (SSSR count). The lowest BCUT2D eigenvalue weighted by atomic mass is 10.0. The predicted molar refractivity (Wildman–Crippen MR) is 143 cm³/mol. The Balaban J connectivity index is 1.64. The number of ether oxygens (including phenoxy) is 3. The van der Waals surface area contributed by atoms with E-state index in [4.69, 9.17) is 14.2 Å². The van der Waals surface area contributed by atoms with E-state index in [-0.39, 0.29) is 22.4 Å². The Kier molecular flexibility index (Phi) is 7.44. The Morgan fingerprint density at radius 1 is 1.00 bits per heavy atom. The highest BCUT2D eigenvalue weighted by Crippen LogP contribution is 2.44. The molecule has 0 amide bonds. The van der Waals surface area contributed by atoms with Crippen molar-refractivity contribution in [1.82, 2.24) is 9.47 Å². The summed E-state index contributed by atoms with van der Waals surface area (Å²) >= 11 is 0. The first kappa shape index (κ1) is 25.9. The molecule has 38 heavy (non-hydrogen) atoms. The van der Waals surface area contributed by atoms with Crippen LogP contribution in [0, 0.1) is 10.1 Å². The van der Waals surface area contributed by atoms with E-state index in [0.717, 1.165) is 32.5 Å².